The molecule has 80 valence electrons. The SMILES string of the molecule is CCOC(=O)NCC(C)(C)CN=[N+]=[N-]. The number of amides is 1. The number of rotatable bonds is 5. The molecular weight excluding hydrogens is 184 g/mol. The molecule has 6 heteroatoms. The molecule has 0 bridgehead atoms. The summed E-state index contributed by atoms with van der Waals surface area (Å²) >= 11 is 0. The molecule has 6 nitrogen and oxygen atoms in total. The summed E-state index contributed by atoms with van der Waals surface area (Å²) in [5.41, 5.74) is 7.89. The lowest BCUT2D eigenvalue weighted by molar-refractivity contribution is 0.147. The van der Waals surface area contributed by atoms with Crippen molar-refractivity contribution in [3.63, 3.8) is 0 Å². The van der Waals surface area contributed by atoms with E-state index in [1.807, 2.05) is 13.8 Å². The van der Waals surface area contributed by atoms with Crippen LogP contribution < -0.4 is 5.32 Å². The number of nitrogens with zero attached hydrogens (tertiary/aromatic N) is 3. The van der Waals surface area contributed by atoms with Gasteiger partial charge in [0, 0.05) is 18.0 Å². The highest BCUT2D eigenvalue weighted by Crippen LogP contribution is 2.13. The first-order valence-electron chi connectivity index (χ1n) is 4.43. The highest BCUT2D eigenvalue weighted by Gasteiger charge is 2.17. The minimum absolute atomic E-state index is 0.251. The van der Waals surface area contributed by atoms with Gasteiger partial charge in [-0.1, -0.05) is 19.0 Å². The Morgan fingerprint density at radius 1 is 1.64 bits per heavy atom. The summed E-state index contributed by atoms with van der Waals surface area (Å²) in [5, 5.41) is 6.04. The molecule has 0 atom stereocenters. The Labute approximate surface area is 83.3 Å². The molecule has 0 aromatic heterocycles. The summed E-state index contributed by atoms with van der Waals surface area (Å²) in [6.45, 7) is 6.65. The van der Waals surface area contributed by atoms with Gasteiger partial charge in [-0.2, -0.15) is 0 Å². The van der Waals surface area contributed by atoms with Gasteiger partial charge < -0.3 is 10.1 Å². The Morgan fingerprint density at radius 3 is 2.79 bits per heavy atom. The Balaban J connectivity index is 3.85. The lowest BCUT2D eigenvalue weighted by atomic mass is 9.94. The summed E-state index contributed by atoms with van der Waals surface area (Å²) in [6, 6.07) is 0. The zero-order valence-corrected chi connectivity index (χ0v) is 8.78. The van der Waals surface area contributed by atoms with Crippen molar-refractivity contribution in [3.05, 3.63) is 10.4 Å². The largest absolute Gasteiger partial charge is 0.450 e. The van der Waals surface area contributed by atoms with Gasteiger partial charge in [0.15, 0.2) is 0 Å². The topological polar surface area (TPSA) is 87.1 Å². The molecule has 0 aliphatic rings. The van der Waals surface area contributed by atoms with Crippen LogP contribution in [-0.4, -0.2) is 25.8 Å². The van der Waals surface area contributed by atoms with Crippen molar-refractivity contribution in [1.82, 2.24) is 5.32 Å². The van der Waals surface area contributed by atoms with Crippen molar-refractivity contribution in [2.24, 2.45) is 10.5 Å². The lowest BCUT2D eigenvalue weighted by Crippen LogP contribution is -2.35. The first kappa shape index (κ1) is 12.6. The second kappa shape index (κ2) is 6.10. The van der Waals surface area contributed by atoms with Gasteiger partial charge in [0.05, 0.1) is 6.61 Å². The number of nitrogens with one attached hydrogen (secondary N) is 1. The maximum absolute atomic E-state index is 10.9. The second-order valence-electron chi connectivity index (χ2n) is 3.63. The van der Waals surface area contributed by atoms with Crippen LogP contribution in [0.15, 0.2) is 5.11 Å². The number of carbonyl (C=O) groups excluding carboxylic acids is 1. The van der Waals surface area contributed by atoms with Gasteiger partial charge in [-0.15, -0.1) is 0 Å². The third-order valence-electron chi connectivity index (χ3n) is 1.55. The van der Waals surface area contributed by atoms with Crippen LogP contribution in [0.25, 0.3) is 10.4 Å². The standard InChI is InChI=1S/C8H16N4O2/c1-4-14-7(13)10-5-8(2,3)6-11-12-9/h4-6H2,1-3H3,(H,10,13). The van der Waals surface area contributed by atoms with E-state index in [9.17, 15) is 4.79 Å². The second-order valence-corrected chi connectivity index (χ2v) is 3.63. The number of carbonyl (C=O) groups is 1. The molecule has 0 aromatic carbocycles. The van der Waals surface area contributed by atoms with Gasteiger partial charge >= 0.3 is 6.09 Å². The summed E-state index contributed by atoms with van der Waals surface area (Å²) < 4.78 is 4.69. The van der Waals surface area contributed by atoms with Crippen LogP contribution >= 0.6 is 0 Å². The molecule has 0 rings (SSSR count). The summed E-state index contributed by atoms with van der Waals surface area (Å²) in [6.07, 6.45) is -0.443. The zero-order chi connectivity index (χ0) is 11.0. The van der Waals surface area contributed by atoms with E-state index >= 15 is 0 Å². The monoisotopic (exact) mass is 200 g/mol. The predicted molar refractivity (Wildman–Crippen MR) is 52.8 cm³/mol. The average molecular weight is 200 g/mol. The van der Waals surface area contributed by atoms with Gasteiger partial charge in [0.2, 0.25) is 0 Å². The van der Waals surface area contributed by atoms with Crippen LogP contribution in [0.2, 0.25) is 0 Å². The summed E-state index contributed by atoms with van der Waals surface area (Å²) in [5.74, 6) is 0. The molecule has 0 unspecified atom stereocenters. The van der Waals surface area contributed by atoms with Crippen molar-refractivity contribution in [3.8, 4) is 0 Å². The van der Waals surface area contributed by atoms with Crippen LogP contribution in [0.4, 0.5) is 4.79 Å². The first-order valence-corrected chi connectivity index (χ1v) is 4.43. The highest BCUT2D eigenvalue weighted by molar-refractivity contribution is 5.67. The van der Waals surface area contributed by atoms with E-state index in [0.717, 1.165) is 0 Å². The number of ether oxygens (including phenoxy) is 1. The first-order chi connectivity index (χ1) is 6.52. The van der Waals surface area contributed by atoms with Crippen LogP contribution in [0.3, 0.4) is 0 Å². The van der Waals surface area contributed by atoms with E-state index in [1.54, 1.807) is 6.92 Å². The minimum atomic E-state index is -0.443. The third kappa shape index (κ3) is 6.14. The molecule has 0 spiro atoms. The number of azide groups is 1. The maximum Gasteiger partial charge on any atom is 0.407 e. The molecule has 1 amide bonds. The Bertz CT molecular complexity index is 233. The van der Waals surface area contributed by atoms with Crippen molar-refractivity contribution in [2.45, 2.75) is 20.8 Å². The number of alkyl carbamates (subject to hydrolysis) is 1. The molecule has 0 aromatic rings. The van der Waals surface area contributed by atoms with Crippen LogP contribution in [0.1, 0.15) is 20.8 Å². The van der Waals surface area contributed by atoms with Crippen molar-refractivity contribution in [1.29, 1.82) is 0 Å². The van der Waals surface area contributed by atoms with E-state index in [1.165, 1.54) is 0 Å². The highest BCUT2D eigenvalue weighted by atomic mass is 16.5. The van der Waals surface area contributed by atoms with Crippen molar-refractivity contribution < 1.29 is 9.53 Å². The molecular formula is C8H16N4O2. The zero-order valence-electron chi connectivity index (χ0n) is 8.78. The van der Waals surface area contributed by atoms with Gasteiger partial charge in [0.1, 0.15) is 0 Å². The molecule has 14 heavy (non-hydrogen) atoms. The molecule has 0 fully saturated rings. The quantitative estimate of drug-likeness (QED) is 0.418. The fourth-order valence-corrected chi connectivity index (χ4v) is 0.773. The molecule has 0 saturated heterocycles. The molecule has 0 saturated carbocycles. The van der Waals surface area contributed by atoms with Gasteiger partial charge in [-0.3, -0.25) is 0 Å². The van der Waals surface area contributed by atoms with E-state index in [2.05, 4.69) is 20.1 Å². The van der Waals surface area contributed by atoms with Gasteiger partial charge in [-0.05, 0) is 17.9 Å². The Kier molecular flexibility index (Phi) is 5.48. The number of hydrogen-bond donors (Lipinski definition) is 1. The third-order valence-corrected chi connectivity index (χ3v) is 1.55. The Hall–Kier alpha value is -1.42. The molecule has 1 N–H and O–H groups in total. The van der Waals surface area contributed by atoms with Crippen molar-refractivity contribution >= 4 is 6.09 Å². The Morgan fingerprint density at radius 2 is 2.29 bits per heavy atom. The van der Waals surface area contributed by atoms with Gasteiger partial charge in [0.25, 0.3) is 0 Å². The van der Waals surface area contributed by atoms with Gasteiger partial charge in [-0.25, -0.2) is 4.79 Å². The molecule has 0 aliphatic heterocycles. The normalized spacial score (nSPS) is 10.2. The fourth-order valence-electron chi connectivity index (χ4n) is 0.773. The average Bonchev–Trinajstić information content (AvgIpc) is 2.13. The van der Waals surface area contributed by atoms with Crippen LogP contribution in [0, 0.1) is 5.41 Å². The molecule has 0 heterocycles. The predicted octanol–water partition coefficient (Wildman–Crippen LogP) is 2.07. The minimum Gasteiger partial charge on any atom is -0.450 e. The van der Waals surface area contributed by atoms with E-state index < -0.39 is 6.09 Å². The number of hydrogen-bond acceptors (Lipinski definition) is 3. The summed E-state index contributed by atoms with van der Waals surface area (Å²) in [7, 11) is 0. The smallest absolute Gasteiger partial charge is 0.407 e. The lowest BCUT2D eigenvalue weighted by Gasteiger charge is -2.21. The van der Waals surface area contributed by atoms with E-state index in [4.69, 9.17) is 5.53 Å². The van der Waals surface area contributed by atoms with Crippen LogP contribution in [0.5, 0.6) is 0 Å². The molecule has 0 aliphatic carbocycles. The van der Waals surface area contributed by atoms with Crippen molar-refractivity contribution in [2.75, 3.05) is 19.7 Å². The fraction of sp³-hybridized carbons (Fsp3) is 0.875. The summed E-state index contributed by atoms with van der Waals surface area (Å²) in [4.78, 5) is 13.6. The van der Waals surface area contributed by atoms with E-state index in [-0.39, 0.29) is 5.41 Å². The van der Waals surface area contributed by atoms with Crippen LogP contribution in [-0.2, 0) is 4.74 Å². The maximum atomic E-state index is 10.9. The molecule has 0 radical (unpaired) electrons. The van der Waals surface area contributed by atoms with E-state index in [0.29, 0.717) is 19.7 Å².